The number of halogens is 1. The molecule has 3 N–H and O–H groups in total. The predicted molar refractivity (Wildman–Crippen MR) is 125 cm³/mol. The Bertz CT molecular complexity index is 844. The van der Waals surface area contributed by atoms with E-state index in [0.29, 0.717) is 36.4 Å². The Balaban J connectivity index is 1.27. The minimum absolute atomic E-state index is 0.0522. The molecule has 0 spiro atoms. The van der Waals surface area contributed by atoms with Crippen molar-refractivity contribution in [3.05, 3.63) is 70.2 Å². The van der Waals surface area contributed by atoms with E-state index in [0.717, 1.165) is 43.4 Å². The maximum atomic E-state index is 12.2. The van der Waals surface area contributed by atoms with Crippen LogP contribution in [0.4, 0.5) is 4.79 Å². The summed E-state index contributed by atoms with van der Waals surface area (Å²) in [6, 6.07) is 15.4. The van der Waals surface area contributed by atoms with Crippen LogP contribution in [0.5, 0.6) is 0 Å². The van der Waals surface area contributed by atoms with Crippen LogP contribution >= 0.6 is 11.6 Å². The van der Waals surface area contributed by atoms with Gasteiger partial charge >= 0.3 is 6.03 Å². The Morgan fingerprint density at radius 1 is 0.806 bits per heavy atom. The predicted octanol–water partition coefficient (Wildman–Crippen LogP) is 4.61. The first kappa shape index (κ1) is 23.1. The molecule has 1 fully saturated rings. The lowest BCUT2D eigenvalue weighted by Gasteiger charge is -2.28. The van der Waals surface area contributed by atoms with Crippen LogP contribution in [0, 0.1) is 18.8 Å². The van der Waals surface area contributed by atoms with Crippen LogP contribution in [0.1, 0.15) is 42.4 Å². The van der Waals surface area contributed by atoms with Gasteiger partial charge in [0.2, 0.25) is 5.91 Å². The molecule has 0 unspecified atom stereocenters. The van der Waals surface area contributed by atoms with Gasteiger partial charge in [-0.1, -0.05) is 53.6 Å². The van der Waals surface area contributed by atoms with Crippen molar-refractivity contribution in [1.29, 1.82) is 0 Å². The largest absolute Gasteiger partial charge is 0.356 e. The van der Waals surface area contributed by atoms with Gasteiger partial charge in [0, 0.05) is 24.7 Å². The van der Waals surface area contributed by atoms with Gasteiger partial charge in [-0.25, -0.2) is 4.79 Å². The van der Waals surface area contributed by atoms with E-state index in [-0.39, 0.29) is 11.9 Å². The van der Waals surface area contributed by atoms with Crippen molar-refractivity contribution < 1.29 is 9.59 Å². The third kappa shape index (κ3) is 8.25. The standard InChI is InChI=1S/C25H32ClN3O2/c1-18-2-4-20(5-3-18)16-28-25(31)29-17-22-8-6-21(7-9-22)15-27-24(30)14-19-10-12-23(26)13-11-19/h2-5,10-13,21-22H,6-9,14-17H2,1H3,(H,27,30)(H2,28,29,31). The summed E-state index contributed by atoms with van der Waals surface area (Å²) >= 11 is 5.88. The van der Waals surface area contributed by atoms with Gasteiger partial charge in [-0.15, -0.1) is 0 Å². The summed E-state index contributed by atoms with van der Waals surface area (Å²) in [4.78, 5) is 24.2. The van der Waals surface area contributed by atoms with Crippen molar-refractivity contribution in [1.82, 2.24) is 16.0 Å². The third-order valence-corrected chi connectivity index (χ3v) is 6.21. The quantitative estimate of drug-likeness (QED) is 0.559. The van der Waals surface area contributed by atoms with Crippen LogP contribution in [0.3, 0.4) is 0 Å². The van der Waals surface area contributed by atoms with Crippen LogP contribution in [0.15, 0.2) is 48.5 Å². The molecule has 31 heavy (non-hydrogen) atoms. The second kappa shape index (κ2) is 11.8. The maximum Gasteiger partial charge on any atom is 0.315 e. The van der Waals surface area contributed by atoms with E-state index >= 15 is 0 Å². The van der Waals surface area contributed by atoms with Crippen molar-refractivity contribution in [2.45, 2.75) is 45.6 Å². The molecular weight excluding hydrogens is 410 g/mol. The van der Waals surface area contributed by atoms with E-state index in [4.69, 9.17) is 11.6 Å². The highest BCUT2D eigenvalue weighted by Crippen LogP contribution is 2.28. The molecule has 0 radical (unpaired) electrons. The Labute approximate surface area is 190 Å². The van der Waals surface area contributed by atoms with Crippen LogP contribution < -0.4 is 16.0 Å². The maximum absolute atomic E-state index is 12.2. The summed E-state index contributed by atoms with van der Waals surface area (Å²) in [7, 11) is 0. The zero-order valence-corrected chi connectivity index (χ0v) is 18.9. The topological polar surface area (TPSA) is 70.2 Å². The van der Waals surface area contributed by atoms with Crippen molar-refractivity contribution >= 4 is 23.5 Å². The summed E-state index contributed by atoms with van der Waals surface area (Å²) in [5.41, 5.74) is 3.28. The van der Waals surface area contributed by atoms with Crippen LogP contribution in [-0.4, -0.2) is 25.0 Å². The Morgan fingerprint density at radius 2 is 1.35 bits per heavy atom. The van der Waals surface area contributed by atoms with Gasteiger partial charge < -0.3 is 16.0 Å². The third-order valence-electron chi connectivity index (χ3n) is 5.96. The molecule has 2 aromatic rings. The second-order valence-electron chi connectivity index (χ2n) is 8.54. The number of carbonyl (C=O) groups excluding carboxylic acids is 2. The van der Waals surface area contributed by atoms with Gasteiger partial charge in [0.25, 0.3) is 0 Å². The van der Waals surface area contributed by atoms with Crippen LogP contribution in [-0.2, 0) is 17.8 Å². The van der Waals surface area contributed by atoms with E-state index in [1.807, 2.05) is 55.5 Å². The van der Waals surface area contributed by atoms with Gasteiger partial charge in [-0.05, 0) is 67.7 Å². The van der Waals surface area contributed by atoms with Gasteiger partial charge in [-0.3, -0.25) is 4.79 Å². The fraction of sp³-hybridized carbons (Fsp3) is 0.440. The summed E-state index contributed by atoms with van der Waals surface area (Å²) in [6.07, 6.45) is 4.71. The second-order valence-corrected chi connectivity index (χ2v) is 8.98. The summed E-state index contributed by atoms with van der Waals surface area (Å²) in [6.45, 7) is 4.02. The molecule has 0 heterocycles. The molecule has 3 rings (SSSR count). The first-order valence-corrected chi connectivity index (χ1v) is 11.4. The molecule has 2 aromatic carbocycles. The molecule has 1 saturated carbocycles. The van der Waals surface area contributed by atoms with Crippen LogP contribution in [0.25, 0.3) is 0 Å². The number of aryl methyl sites for hydroxylation is 1. The lowest BCUT2D eigenvalue weighted by atomic mass is 9.82. The van der Waals surface area contributed by atoms with Crippen molar-refractivity contribution in [2.75, 3.05) is 13.1 Å². The van der Waals surface area contributed by atoms with E-state index in [1.54, 1.807) is 0 Å². The van der Waals surface area contributed by atoms with Crippen LogP contribution in [0.2, 0.25) is 5.02 Å². The van der Waals surface area contributed by atoms with Crippen molar-refractivity contribution in [3.8, 4) is 0 Å². The summed E-state index contributed by atoms with van der Waals surface area (Å²) in [5, 5.41) is 9.66. The molecule has 0 bridgehead atoms. The molecule has 0 aromatic heterocycles. The molecule has 5 nitrogen and oxygen atoms in total. The fourth-order valence-corrected chi connectivity index (χ4v) is 4.06. The summed E-state index contributed by atoms with van der Waals surface area (Å²) < 4.78 is 0. The van der Waals surface area contributed by atoms with Gasteiger partial charge in [-0.2, -0.15) is 0 Å². The number of hydrogen-bond donors (Lipinski definition) is 3. The molecule has 6 heteroatoms. The SMILES string of the molecule is Cc1ccc(CNC(=O)NCC2CCC(CNC(=O)Cc3ccc(Cl)cc3)CC2)cc1. The van der Waals surface area contributed by atoms with Crippen molar-refractivity contribution in [2.24, 2.45) is 11.8 Å². The monoisotopic (exact) mass is 441 g/mol. The van der Waals surface area contributed by atoms with E-state index in [1.165, 1.54) is 5.56 Å². The smallest absolute Gasteiger partial charge is 0.315 e. The average molecular weight is 442 g/mol. The minimum Gasteiger partial charge on any atom is -0.356 e. The number of carbonyl (C=O) groups is 2. The molecule has 1 aliphatic carbocycles. The highest BCUT2D eigenvalue weighted by Gasteiger charge is 2.22. The highest BCUT2D eigenvalue weighted by atomic mass is 35.5. The van der Waals surface area contributed by atoms with Gasteiger partial charge in [0.05, 0.1) is 6.42 Å². The fourth-order valence-electron chi connectivity index (χ4n) is 3.94. The molecular formula is C25H32ClN3O2. The average Bonchev–Trinajstić information content (AvgIpc) is 2.78. The minimum atomic E-state index is -0.114. The molecule has 3 amide bonds. The molecule has 0 aliphatic heterocycles. The molecule has 1 aliphatic rings. The molecule has 0 atom stereocenters. The Hall–Kier alpha value is -2.53. The zero-order valence-electron chi connectivity index (χ0n) is 18.1. The summed E-state index contributed by atoms with van der Waals surface area (Å²) in [5.74, 6) is 1.07. The lowest BCUT2D eigenvalue weighted by molar-refractivity contribution is -0.120. The first-order chi connectivity index (χ1) is 15.0. The number of amides is 3. The first-order valence-electron chi connectivity index (χ1n) is 11.1. The van der Waals surface area contributed by atoms with Gasteiger partial charge in [0.1, 0.15) is 0 Å². The Kier molecular flexibility index (Phi) is 8.77. The Morgan fingerprint density at radius 3 is 1.97 bits per heavy atom. The number of benzene rings is 2. The number of hydrogen-bond acceptors (Lipinski definition) is 2. The van der Waals surface area contributed by atoms with E-state index in [2.05, 4.69) is 16.0 Å². The lowest BCUT2D eigenvalue weighted by Crippen LogP contribution is -2.39. The number of urea groups is 1. The highest BCUT2D eigenvalue weighted by molar-refractivity contribution is 6.30. The van der Waals surface area contributed by atoms with Crippen molar-refractivity contribution in [3.63, 3.8) is 0 Å². The van der Waals surface area contributed by atoms with E-state index in [9.17, 15) is 9.59 Å². The zero-order chi connectivity index (χ0) is 22.1. The van der Waals surface area contributed by atoms with Gasteiger partial charge in [0.15, 0.2) is 0 Å². The van der Waals surface area contributed by atoms with E-state index < -0.39 is 0 Å². The molecule has 166 valence electrons. The molecule has 0 saturated heterocycles. The number of nitrogens with one attached hydrogen (secondary N) is 3. The number of rotatable bonds is 8. The normalized spacial score (nSPS) is 18.3.